The lowest BCUT2D eigenvalue weighted by molar-refractivity contribution is -0.119. The maximum Gasteiger partial charge on any atom is 0.259 e. The second kappa shape index (κ2) is 5.94. The molecule has 0 fully saturated rings. The molecule has 0 bridgehead atoms. The van der Waals surface area contributed by atoms with E-state index >= 15 is 0 Å². The van der Waals surface area contributed by atoms with Crippen LogP contribution in [0.15, 0.2) is 60.7 Å². The zero-order chi connectivity index (χ0) is 17.4. The standard InChI is InChI=1S/C20H16N2O3/c21-18(23)12-25-15-7-1-4-13(10-15)11-22-17-9-3-6-14-5-2-8-16(19(14)17)20(22)24/h1-10H,11-12H2,(H2,21,23). The van der Waals surface area contributed by atoms with Gasteiger partial charge in [0.2, 0.25) is 0 Å². The number of nitrogens with zero attached hydrogens (tertiary/aromatic N) is 1. The first-order chi connectivity index (χ1) is 12.1. The zero-order valence-electron chi connectivity index (χ0n) is 13.4. The Morgan fingerprint density at radius 1 is 1.04 bits per heavy atom. The van der Waals surface area contributed by atoms with Gasteiger partial charge >= 0.3 is 0 Å². The highest BCUT2D eigenvalue weighted by Crippen LogP contribution is 2.38. The number of hydrogen-bond acceptors (Lipinski definition) is 3. The molecule has 1 aliphatic heterocycles. The Morgan fingerprint density at radius 3 is 2.60 bits per heavy atom. The van der Waals surface area contributed by atoms with Crippen LogP contribution in [0.5, 0.6) is 5.75 Å². The number of amides is 2. The number of benzene rings is 3. The Labute approximate surface area is 144 Å². The fourth-order valence-corrected chi connectivity index (χ4v) is 3.21. The quantitative estimate of drug-likeness (QED) is 0.781. The van der Waals surface area contributed by atoms with Crippen LogP contribution in [0.3, 0.4) is 0 Å². The van der Waals surface area contributed by atoms with E-state index in [9.17, 15) is 9.59 Å². The van der Waals surface area contributed by atoms with Crippen LogP contribution in [-0.2, 0) is 11.3 Å². The Kier molecular flexibility index (Phi) is 3.61. The summed E-state index contributed by atoms with van der Waals surface area (Å²) in [6, 6.07) is 19.0. The summed E-state index contributed by atoms with van der Waals surface area (Å²) >= 11 is 0. The number of hydrogen-bond donors (Lipinski definition) is 1. The average molecular weight is 332 g/mol. The molecule has 1 aliphatic rings. The van der Waals surface area contributed by atoms with Gasteiger partial charge < -0.3 is 15.4 Å². The molecular formula is C20H16N2O3. The molecule has 0 atom stereocenters. The summed E-state index contributed by atoms with van der Waals surface area (Å²) in [4.78, 5) is 25.4. The van der Waals surface area contributed by atoms with Gasteiger partial charge in [0.25, 0.3) is 11.8 Å². The fourth-order valence-electron chi connectivity index (χ4n) is 3.21. The molecule has 3 aromatic carbocycles. The Balaban J connectivity index is 1.64. The van der Waals surface area contributed by atoms with Gasteiger partial charge in [-0.3, -0.25) is 9.59 Å². The summed E-state index contributed by atoms with van der Waals surface area (Å²) in [7, 11) is 0. The molecule has 124 valence electrons. The largest absolute Gasteiger partial charge is 0.484 e. The van der Waals surface area contributed by atoms with Crippen molar-refractivity contribution in [1.29, 1.82) is 0 Å². The number of nitrogens with two attached hydrogens (primary N) is 1. The maximum absolute atomic E-state index is 12.8. The molecule has 4 rings (SSSR count). The first-order valence-corrected chi connectivity index (χ1v) is 7.97. The number of primary amides is 1. The minimum absolute atomic E-state index is 0.00439. The van der Waals surface area contributed by atoms with Crippen molar-refractivity contribution >= 4 is 28.3 Å². The molecule has 0 saturated carbocycles. The lowest BCUT2D eigenvalue weighted by Gasteiger charge is -2.18. The molecule has 0 spiro atoms. The van der Waals surface area contributed by atoms with Crippen molar-refractivity contribution in [3.8, 4) is 5.75 Å². The van der Waals surface area contributed by atoms with Crippen molar-refractivity contribution in [2.75, 3.05) is 11.5 Å². The number of anilines is 1. The van der Waals surface area contributed by atoms with Gasteiger partial charge in [0.15, 0.2) is 6.61 Å². The molecule has 0 saturated heterocycles. The lowest BCUT2D eigenvalue weighted by Crippen LogP contribution is -2.26. The van der Waals surface area contributed by atoms with E-state index in [-0.39, 0.29) is 12.5 Å². The second-order valence-electron chi connectivity index (χ2n) is 5.97. The SMILES string of the molecule is NC(=O)COc1cccc(CN2C(=O)c3cccc4cccc2c34)c1. The lowest BCUT2D eigenvalue weighted by atomic mass is 10.1. The predicted octanol–water partition coefficient (Wildman–Crippen LogP) is 2.86. The minimum atomic E-state index is -0.526. The molecule has 0 radical (unpaired) electrons. The summed E-state index contributed by atoms with van der Waals surface area (Å²) in [6.45, 7) is 0.261. The van der Waals surface area contributed by atoms with E-state index in [4.69, 9.17) is 10.5 Å². The van der Waals surface area contributed by atoms with Gasteiger partial charge in [-0.25, -0.2) is 0 Å². The zero-order valence-corrected chi connectivity index (χ0v) is 13.4. The van der Waals surface area contributed by atoms with Crippen molar-refractivity contribution in [2.45, 2.75) is 6.54 Å². The van der Waals surface area contributed by atoms with Crippen LogP contribution >= 0.6 is 0 Å². The number of rotatable bonds is 5. The van der Waals surface area contributed by atoms with E-state index < -0.39 is 5.91 Å². The van der Waals surface area contributed by atoms with Crippen LogP contribution in [0.25, 0.3) is 10.8 Å². The molecule has 2 N–H and O–H groups in total. The summed E-state index contributed by atoms with van der Waals surface area (Å²) in [5.74, 6) is 0.0242. The van der Waals surface area contributed by atoms with Gasteiger partial charge in [0.1, 0.15) is 5.75 Å². The van der Waals surface area contributed by atoms with Gasteiger partial charge in [-0.2, -0.15) is 0 Å². The highest BCUT2D eigenvalue weighted by atomic mass is 16.5. The summed E-state index contributed by atoms with van der Waals surface area (Å²) in [6.07, 6.45) is 0. The molecule has 2 amide bonds. The highest BCUT2D eigenvalue weighted by molar-refractivity contribution is 6.24. The third-order valence-corrected chi connectivity index (χ3v) is 4.27. The summed E-state index contributed by atoms with van der Waals surface area (Å²) < 4.78 is 5.34. The number of carbonyl (C=O) groups is 2. The van der Waals surface area contributed by atoms with Crippen molar-refractivity contribution in [3.05, 3.63) is 71.8 Å². The van der Waals surface area contributed by atoms with Gasteiger partial charge in [-0.05, 0) is 35.2 Å². The van der Waals surface area contributed by atoms with Crippen molar-refractivity contribution in [1.82, 2.24) is 0 Å². The third kappa shape index (κ3) is 2.70. The van der Waals surface area contributed by atoms with Crippen LogP contribution in [0.2, 0.25) is 0 Å². The fraction of sp³-hybridized carbons (Fsp3) is 0.100. The summed E-state index contributed by atoms with van der Waals surface area (Å²) in [5.41, 5.74) is 7.67. The first kappa shape index (κ1) is 15.2. The van der Waals surface area contributed by atoms with Gasteiger partial charge in [-0.1, -0.05) is 36.4 Å². The molecule has 25 heavy (non-hydrogen) atoms. The molecule has 3 aromatic rings. The topological polar surface area (TPSA) is 72.6 Å². The third-order valence-electron chi connectivity index (χ3n) is 4.27. The maximum atomic E-state index is 12.8. The smallest absolute Gasteiger partial charge is 0.259 e. The van der Waals surface area contributed by atoms with E-state index in [1.807, 2.05) is 54.6 Å². The average Bonchev–Trinajstić information content (AvgIpc) is 2.89. The first-order valence-electron chi connectivity index (χ1n) is 7.97. The van der Waals surface area contributed by atoms with Crippen LogP contribution in [0, 0.1) is 0 Å². The number of carbonyl (C=O) groups excluding carboxylic acids is 2. The van der Waals surface area contributed by atoms with Gasteiger partial charge in [0, 0.05) is 10.9 Å². The van der Waals surface area contributed by atoms with E-state index in [0.717, 1.165) is 27.6 Å². The Hall–Kier alpha value is -3.34. The number of ether oxygens (including phenoxy) is 1. The van der Waals surface area contributed by atoms with E-state index in [2.05, 4.69) is 0 Å². The van der Waals surface area contributed by atoms with Gasteiger partial charge in [-0.15, -0.1) is 0 Å². The van der Waals surface area contributed by atoms with Crippen LogP contribution < -0.4 is 15.4 Å². The Bertz CT molecular complexity index is 992. The molecular weight excluding hydrogens is 316 g/mol. The van der Waals surface area contributed by atoms with Crippen LogP contribution in [0.4, 0.5) is 5.69 Å². The Morgan fingerprint density at radius 2 is 1.80 bits per heavy atom. The van der Waals surface area contributed by atoms with Crippen LogP contribution in [-0.4, -0.2) is 18.4 Å². The van der Waals surface area contributed by atoms with Gasteiger partial charge in [0.05, 0.1) is 12.2 Å². The highest BCUT2D eigenvalue weighted by Gasteiger charge is 2.29. The summed E-state index contributed by atoms with van der Waals surface area (Å²) in [5, 5.41) is 2.06. The molecule has 5 nitrogen and oxygen atoms in total. The molecule has 0 aromatic heterocycles. The second-order valence-corrected chi connectivity index (χ2v) is 5.97. The van der Waals surface area contributed by atoms with Crippen molar-refractivity contribution in [3.63, 3.8) is 0 Å². The van der Waals surface area contributed by atoms with E-state index in [0.29, 0.717) is 12.3 Å². The van der Waals surface area contributed by atoms with Crippen molar-refractivity contribution < 1.29 is 14.3 Å². The molecule has 0 aliphatic carbocycles. The predicted molar refractivity (Wildman–Crippen MR) is 95.6 cm³/mol. The van der Waals surface area contributed by atoms with E-state index in [1.54, 1.807) is 11.0 Å². The minimum Gasteiger partial charge on any atom is -0.484 e. The monoisotopic (exact) mass is 332 g/mol. The van der Waals surface area contributed by atoms with E-state index in [1.165, 1.54) is 0 Å². The molecule has 0 unspecified atom stereocenters. The van der Waals surface area contributed by atoms with Crippen LogP contribution in [0.1, 0.15) is 15.9 Å². The molecule has 1 heterocycles. The normalized spacial score (nSPS) is 12.6. The molecule has 5 heteroatoms. The van der Waals surface area contributed by atoms with Crippen molar-refractivity contribution in [2.24, 2.45) is 5.73 Å².